The van der Waals surface area contributed by atoms with Gasteiger partial charge < -0.3 is 9.84 Å². The van der Waals surface area contributed by atoms with E-state index < -0.39 is 17.7 Å². The molecule has 0 aliphatic heterocycles. The molecule has 0 heterocycles. The summed E-state index contributed by atoms with van der Waals surface area (Å²) in [6.07, 6.45) is 1.68. The predicted octanol–water partition coefficient (Wildman–Crippen LogP) is 2.41. The number of methoxy groups -OCH3 is 1. The zero-order valence-electron chi connectivity index (χ0n) is 8.94. The molecule has 16 heavy (non-hydrogen) atoms. The lowest BCUT2D eigenvalue weighted by Crippen LogP contribution is -2.16. The van der Waals surface area contributed by atoms with E-state index in [1.807, 2.05) is 0 Å². The van der Waals surface area contributed by atoms with Crippen molar-refractivity contribution < 1.29 is 19.0 Å². The normalized spacial score (nSPS) is 16.9. The quantitative estimate of drug-likeness (QED) is 0.854. The Morgan fingerprint density at radius 2 is 2.25 bits per heavy atom. The molecule has 1 saturated carbocycles. The lowest BCUT2D eigenvalue weighted by molar-refractivity contribution is -0.139. The van der Waals surface area contributed by atoms with E-state index in [2.05, 4.69) is 0 Å². The molecule has 1 unspecified atom stereocenters. The topological polar surface area (TPSA) is 46.5 Å². The molecule has 2 rings (SSSR count). The molecule has 4 heteroatoms. The molecule has 1 aliphatic rings. The third-order valence-electron chi connectivity index (χ3n) is 2.90. The Morgan fingerprint density at radius 1 is 1.56 bits per heavy atom. The first-order valence-corrected chi connectivity index (χ1v) is 5.20. The maximum absolute atomic E-state index is 13.7. The van der Waals surface area contributed by atoms with E-state index in [1.54, 1.807) is 6.07 Å². The monoisotopic (exact) mass is 224 g/mol. The van der Waals surface area contributed by atoms with Gasteiger partial charge in [0.05, 0.1) is 13.0 Å². The van der Waals surface area contributed by atoms with Crippen LogP contribution in [0.2, 0.25) is 0 Å². The van der Waals surface area contributed by atoms with Crippen molar-refractivity contribution >= 4 is 5.97 Å². The number of carboxylic acids is 1. The molecule has 0 aromatic heterocycles. The first kappa shape index (κ1) is 10.9. The number of rotatable bonds is 4. The van der Waals surface area contributed by atoms with Gasteiger partial charge in [-0.3, -0.25) is 4.79 Å². The van der Waals surface area contributed by atoms with Crippen LogP contribution in [-0.2, 0) is 4.79 Å². The lowest BCUT2D eigenvalue weighted by Gasteiger charge is -2.16. The third kappa shape index (κ3) is 1.87. The second-order valence-corrected chi connectivity index (χ2v) is 4.01. The van der Waals surface area contributed by atoms with Gasteiger partial charge in [0.2, 0.25) is 0 Å². The number of carbonyl (C=O) groups is 1. The molecule has 0 amide bonds. The minimum Gasteiger partial charge on any atom is -0.496 e. The van der Waals surface area contributed by atoms with Gasteiger partial charge in [-0.15, -0.1) is 0 Å². The highest BCUT2D eigenvalue weighted by Crippen LogP contribution is 2.46. The standard InChI is InChI=1S/C12H13FO3/c1-16-9-4-2-3-8(13)11(9)10(12(14)15)7-5-6-7/h2-4,7,10H,5-6H2,1H3,(H,14,15). The Balaban J connectivity index is 2.46. The molecule has 0 radical (unpaired) electrons. The van der Waals surface area contributed by atoms with Gasteiger partial charge >= 0.3 is 5.97 Å². The van der Waals surface area contributed by atoms with Crippen molar-refractivity contribution in [3.8, 4) is 5.75 Å². The van der Waals surface area contributed by atoms with Crippen LogP contribution in [0.5, 0.6) is 5.75 Å². The lowest BCUT2D eigenvalue weighted by atomic mass is 9.93. The molecule has 0 bridgehead atoms. The maximum Gasteiger partial charge on any atom is 0.311 e. The number of halogens is 1. The molecule has 1 aliphatic carbocycles. The average molecular weight is 224 g/mol. The summed E-state index contributed by atoms with van der Waals surface area (Å²) in [6.45, 7) is 0. The zero-order valence-corrected chi connectivity index (χ0v) is 8.94. The molecular weight excluding hydrogens is 211 g/mol. The maximum atomic E-state index is 13.7. The first-order chi connectivity index (χ1) is 7.65. The number of ether oxygens (including phenoxy) is 1. The highest BCUT2D eigenvalue weighted by Gasteiger charge is 2.40. The molecule has 1 aromatic rings. The van der Waals surface area contributed by atoms with E-state index in [-0.39, 0.29) is 11.5 Å². The van der Waals surface area contributed by atoms with E-state index in [9.17, 15) is 9.18 Å². The molecule has 1 N–H and O–H groups in total. The first-order valence-electron chi connectivity index (χ1n) is 5.20. The van der Waals surface area contributed by atoms with Crippen molar-refractivity contribution in [2.24, 2.45) is 5.92 Å². The molecule has 1 fully saturated rings. The Hall–Kier alpha value is -1.58. The second kappa shape index (κ2) is 4.12. The van der Waals surface area contributed by atoms with Crippen molar-refractivity contribution in [3.63, 3.8) is 0 Å². The molecule has 0 spiro atoms. The smallest absolute Gasteiger partial charge is 0.311 e. The van der Waals surface area contributed by atoms with E-state index in [1.165, 1.54) is 19.2 Å². The Kier molecular flexibility index (Phi) is 2.81. The molecular formula is C12H13FO3. The van der Waals surface area contributed by atoms with Crippen molar-refractivity contribution in [1.82, 2.24) is 0 Å². The zero-order chi connectivity index (χ0) is 11.7. The van der Waals surface area contributed by atoms with Gasteiger partial charge in [-0.25, -0.2) is 4.39 Å². The van der Waals surface area contributed by atoms with Crippen molar-refractivity contribution in [2.75, 3.05) is 7.11 Å². The van der Waals surface area contributed by atoms with Crippen LogP contribution >= 0.6 is 0 Å². The van der Waals surface area contributed by atoms with Gasteiger partial charge in [0.1, 0.15) is 11.6 Å². The average Bonchev–Trinajstić information content (AvgIpc) is 3.04. The summed E-state index contributed by atoms with van der Waals surface area (Å²) >= 11 is 0. The van der Waals surface area contributed by atoms with Gasteiger partial charge in [0.25, 0.3) is 0 Å². The van der Waals surface area contributed by atoms with Crippen molar-refractivity contribution in [2.45, 2.75) is 18.8 Å². The fourth-order valence-corrected chi connectivity index (χ4v) is 1.99. The van der Waals surface area contributed by atoms with Crippen molar-refractivity contribution in [1.29, 1.82) is 0 Å². The van der Waals surface area contributed by atoms with Crippen LogP contribution < -0.4 is 4.74 Å². The van der Waals surface area contributed by atoms with Gasteiger partial charge in [0.15, 0.2) is 0 Å². The summed E-state index contributed by atoms with van der Waals surface area (Å²) in [5.74, 6) is -1.90. The molecule has 86 valence electrons. The Labute approximate surface area is 92.9 Å². The van der Waals surface area contributed by atoms with Crippen LogP contribution in [0, 0.1) is 11.7 Å². The van der Waals surface area contributed by atoms with Crippen LogP contribution in [0.4, 0.5) is 4.39 Å². The SMILES string of the molecule is COc1cccc(F)c1C(C(=O)O)C1CC1. The number of hydrogen-bond acceptors (Lipinski definition) is 2. The minimum absolute atomic E-state index is 0.0447. The van der Waals surface area contributed by atoms with Crippen LogP contribution in [0.3, 0.4) is 0 Å². The van der Waals surface area contributed by atoms with Gasteiger partial charge in [-0.05, 0) is 30.9 Å². The fraction of sp³-hybridized carbons (Fsp3) is 0.417. The molecule has 1 atom stereocenters. The van der Waals surface area contributed by atoms with Crippen LogP contribution in [-0.4, -0.2) is 18.2 Å². The Morgan fingerprint density at radius 3 is 2.75 bits per heavy atom. The summed E-state index contributed by atoms with van der Waals surface area (Å²) in [6, 6.07) is 4.39. The number of hydrogen-bond donors (Lipinski definition) is 1. The third-order valence-corrected chi connectivity index (χ3v) is 2.90. The molecule has 0 saturated heterocycles. The molecule has 3 nitrogen and oxygen atoms in total. The minimum atomic E-state index is -0.981. The summed E-state index contributed by atoms with van der Waals surface area (Å²) in [5.41, 5.74) is 0.181. The van der Waals surface area contributed by atoms with E-state index >= 15 is 0 Å². The van der Waals surface area contributed by atoms with E-state index in [0.717, 1.165) is 12.8 Å². The van der Waals surface area contributed by atoms with E-state index in [4.69, 9.17) is 9.84 Å². The highest BCUT2D eigenvalue weighted by atomic mass is 19.1. The Bertz CT molecular complexity index is 413. The van der Waals surface area contributed by atoms with Crippen molar-refractivity contribution in [3.05, 3.63) is 29.6 Å². The van der Waals surface area contributed by atoms with Crippen LogP contribution in [0.15, 0.2) is 18.2 Å². The fourth-order valence-electron chi connectivity index (χ4n) is 1.99. The van der Waals surface area contributed by atoms with Gasteiger partial charge in [-0.1, -0.05) is 6.07 Å². The number of carboxylic acid groups (broad SMARTS) is 1. The number of aliphatic carboxylic acids is 1. The molecule has 1 aromatic carbocycles. The van der Waals surface area contributed by atoms with Crippen LogP contribution in [0.1, 0.15) is 24.3 Å². The summed E-state index contributed by atoms with van der Waals surface area (Å²) in [4.78, 5) is 11.2. The summed E-state index contributed by atoms with van der Waals surface area (Å²) in [7, 11) is 1.42. The summed E-state index contributed by atoms with van der Waals surface area (Å²) in [5, 5.41) is 9.16. The van der Waals surface area contributed by atoms with Gasteiger partial charge in [-0.2, -0.15) is 0 Å². The second-order valence-electron chi connectivity index (χ2n) is 4.01. The summed E-state index contributed by atoms with van der Waals surface area (Å²) < 4.78 is 18.7. The largest absolute Gasteiger partial charge is 0.496 e. The highest BCUT2D eigenvalue weighted by molar-refractivity contribution is 5.78. The predicted molar refractivity (Wildman–Crippen MR) is 56.1 cm³/mol. The van der Waals surface area contributed by atoms with Crippen LogP contribution in [0.25, 0.3) is 0 Å². The van der Waals surface area contributed by atoms with E-state index in [0.29, 0.717) is 5.75 Å². The number of benzene rings is 1. The van der Waals surface area contributed by atoms with Gasteiger partial charge in [0, 0.05) is 5.56 Å².